The molecule has 0 aliphatic rings. The van der Waals surface area contributed by atoms with Crippen LogP contribution in [0.1, 0.15) is 26.7 Å². The first kappa shape index (κ1) is 18.0. The van der Waals surface area contributed by atoms with Crippen molar-refractivity contribution in [1.82, 2.24) is 5.32 Å². The molecule has 2 unspecified atom stereocenters. The second kappa shape index (κ2) is 12.7. The smallest absolute Gasteiger partial charge is 0.235 e. The standard InChI is InChI=1S/C6H12ClNO2.C4H11NO/c1-2-5(4-9)8-6(10)3-7;1-2-4(5)3-6/h5,9H,2-4H2,1H3,(H,8,10);4,6H,2-3,5H2,1H3. The van der Waals surface area contributed by atoms with Crippen LogP contribution < -0.4 is 11.1 Å². The third-order valence-electron chi connectivity index (χ3n) is 1.96. The fourth-order valence-electron chi connectivity index (χ4n) is 0.672. The number of alkyl halides is 1. The molecule has 16 heavy (non-hydrogen) atoms. The Morgan fingerprint density at radius 3 is 2.06 bits per heavy atom. The Morgan fingerprint density at radius 2 is 1.88 bits per heavy atom. The van der Waals surface area contributed by atoms with E-state index < -0.39 is 0 Å². The van der Waals surface area contributed by atoms with Crippen molar-refractivity contribution in [1.29, 1.82) is 0 Å². The summed E-state index contributed by atoms with van der Waals surface area (Å²) in [7, 11) is 0. The summed E-state index contributed by atoms with van der Waals surface area (Å²) in [5.74, 6) is -0.279. The van der Waals surface area contributed by atoms with Crippen molar-refractivity contribution in [3.8, 4) is 0 Å². The molecular formula is C10H23ClN2O3. The monoisotopic (exact) mass is 254 g/mol. The molecule has 0 aliphatic heterocycles. The Kier molecular flexibility index (Phi) is 14.3. The van der Waals surface area contributed by atoms with E-state index in [2.05, 4.69) is 5.32 Å². The number of halogens is 1. The molecule has 0 radical (unpaired) electrons. The van der Waals surface area contributed by atoms with Gasteiger partial charge in [-0.05, 0) is 12.8 Å². The first-order valence-electron chi connectivity index (χ1n) is 5.38. The molecule has 0 saturated carbocycles. The van der Waals surface area contributed by atoms with Gasteiger partial charge in [-0.25, -0.2) is 0 Å². The van der Waals surface area contributed by atoms with Gasteiger partial charge in [0.05, 0.1) is 19.3 Å². The number of nitrogens with one attached hydrogen (secondary N) is 1. The molecule has 0 aromatic heterocycles. The normalized spacial score (nSPS) is 13.4. The lowest BCUT2D eigenvalue weighted by molar-refractivity contribution is -0.119. The van der Waals surface area contributed by atoms with Crippen LogP contribution >= 0.6 is 11.6 Å². The summed E-state index contributed by atoms with van der Waals surface area (Å²) in [5, 5.41) is 19.4. The molecule has 0 saturated heterocycles. The summed E-state index contributed by atoms with van der Waals surface area (Å²) in [6.07, 6.45) is 1.58. The van der Waals surface area contributed by atoms with Crippen LogP contribution in [0.25, 0.3) is 0 Å². The maximum atomic E-state index is 10.6. The zero-order valence-electron chi connectivity index (χ0n) is 9.95. The zero-order valence-corrected chi connectivity index (χ0v) is 10.7. The highest BCUT2D eigenvalue weighted by atomic mass is 35.5. The lowest BCUT2D eigenvalue weighted by atomic mass is 10.2. The first-order valence-corrected chi connectivity index (χ1v) is 5.91. The minimum absolute atomic E-state index is 0.00926. The van der Waals surface area contributed by atoms with E-state index in [0.717, 1.165) is 12.8 Å². The quantitative estimate of drug-likeness (QED) is 0.495. The van der Waals surface area contributed by atoms with Crippen LogP contribution in [-0.2, 0) is 4.79 Å². The molecule has 1 amide bonds. The summed E-state index contributed by atoms with van der Waals surface area (Å²) < 4.78 is 0. The van der Waals surface area contributed by atoms with Crippen molar-refractivity contribution in [2.75, 3.05) is 19.1 Å². The van der Waals surface area contributed by atoms with Crippen LogP contribution in [0.2, 0.25) is 0 Å². The minimum Gasteiger partial charge on any atom is -0.395 e. The molecule has 0 spiro atoms. The van der Waals surface area contributed by atoms with Gasteiger partial charge in [0.2, 0.25) is 5.91 Å². The number of hydrogen-bond acceptors (Lipinski definition) is 4. The lowest BCUT2D eigenvalue weighted by Crippen LogP contribution is -2.37. The summed E-state index contributed by atoms with van der Waals surface area (Å²) in [4.78, 5) is 10.6. The molecule has 0 aromatic carbocycles. The Bertz CT molecular complexity index is 162. The zero-order chi connectivity index (χ0) is 13.0. The predicted octanol–water partition coefficient (Wildman–Crippen LogP) is -0.172. The number of carbonyl (C=O) groups excluding carboxylic acids is 1. The van der Waals surface area contributed by atoms with Gasteiger partial charge in [-0.15, -0.1) is 11.6 Å². The molecule has 0 fully saturated rings. The first-order chi connectivity index (χ1) is 7.55. The molecule has 0 aromatic rings. The van der Waals surface area contributed by atoms with E-state index in [1.165, 1.54) is 0 Å². The highest BCUT2D eigenvalue weighted by Gasteiger charge is 2.06. The van der Waals surface area contributed by atoms with E-state index in [-0.39, 0.29) is 37.1 Å². The van der Waals surface area contributed by atoms with E-state index in [1.54, 1.807) is 0 Å². The van der Waals surface area contributed by atoms with Crippen molar-refractivity contribution in [3.05, 3.63) is 0 Å². The highest BCUT2D eigenvalue weighted by molar-refractivity contribution is 6.27. The number of aliphatic hydroxyl groups excluding tert-OH is 2. The largest absolute Gasteiger partial charge is 0.395 e. The summed E-state index contributed by atoms with van der Waals surface area (Å²) >= 11 is 5.22. The molecule has 0 rings (SSSR count). The molecule has 5 N–H and O–H groups in total. The van der Waals surface area contributed by atoms with Crippen LogP contribution in [0.3, 0.4) is 0 Å². The van der Waals surface area contributed by atoms with Gasteiger partial charge in [0.1, 0.15) is 5.88 Å². The van der Waals surface area contributed by atoms with Crippen LogP contribution in [0.5, 0.6) is 0 Å². The van der Waals surface area contributed by atoms with Gasteiger partial charge in [0.15, 0.2) is 0 Å². The molecule has 0 heterocycles. The summed E-state index contributed by atoms with van der Waals surface area (Å²) in [6.45, 7) is 3.91. The molecule has 6 heteroatoms. The topological polar surface area (TPSA) is 95.6 Å². The van der Waals surface area contributed by atoms with Crippen LogP contribution in [0, 0.1) is 0 Å². The van der Waals surface area contributed by atoms with E-state index in [0.29, 0.717) is 0 Å². The molecular weight excluding hydrogens is 232 g/mol. The molecule has 5 nitrogen and oxygen atoms in total. The number of carbonyl (C=O) groups is 1. The minimum atomic E-state index is -0.234. The number of aliphatic hydroxyl groups is 2. The van der Waals surface area contributed by atoms with Gasteiger partial charge in [-0.1, -0.05) is 13.8 Å². The predicted molar refractivity (Wildman–Crippen MR) is 65.4 cm³/mol. The fraction of sp³-hybridized carbons (Fsp3) is 0.900. The Labute approximate surface area is 102 Å². The average molecular weight is 255 g/mol. The number of amides is 1. The van der Waals surface area contributed by atoms with E-state index in [1.807, 2.05) is 13.8 Å². The fourth-order valence-corrected chi connectivity index (χ4v) is 0.749. The highest BCUT2D eigenvalue weighted by Crippen LogP contribution is 1.88. The van der Waals surface area contributed by atoms with Crippen molar-refractivity contribution < 1.29 is 15.0 Å². The second-order valence-electron chi connectivity index (χ2n) is 3.34. The molecule has 2 atom stereocenters. The van der Waals surface area contributed by atoms with Gasteiger partial charge >= 0.3 is 0 Å². The van der Waals surface area contributed by atoms with Crippen molar-refractivity contribution in [3.63, 3.8) is 0 Å². The van der Waals surface area contributed by atoms with E-state index >= 15 is 0 Å². The second-order valence-corrected chi connectivity index (χ2v) is 3.61. The SMILES string of the molecule is CCC(CO)NC(=O)CCl.CCC(N)CO. The van der Waals surface area contributed by atoms with Gasteiger partial charge in [-0.2, -0.15) is 0 Å². The Morgan fingerprint density at radius 1 is 1.31 bits per heavy atom. The number of hydrogen-bond donors (Lipinski definition) is 4. The van der Waals surface area contributed by atoms with Crippen molar-refractivity contribution in [2.45, 2.75) is 38.8 Å². The maximum absolute atomic E-state index is 10.6. The van der Waals surface area contributed by atoms with Gasteiger partial charge in [-0.3, -0.25) is 4.79 Å². The van der Waals surface area contributed by atoms with Crippen molar-refractivity contribution >= 4 is 17.5 Å². The number of nitrogens with two attached hydrogens (primary N) is 1. The average Bonchev–Trinajstić information content (AvgIpc) is 2.35. The molecule has 0 bridgehead atoms. The number of rotatable bonds is 6. The Balaban J connectivity index is 0. The maximum Gasteiger partial charge on any atom is 0.235 e. The Hall–Kier alpha value is -0.360. The van der Waals surface area contributed by atoms with Crippen LogP contribution in [0.4, 0.5) is 0 Å². The van der Waals surface area contributed by atoms with Gasteiger partial charge in [0, 0.05) is 6.04 Å². The third-order valence-corrected chi connectivity index (χ3v) is 2.20. The molecule has 98 valence electrons. The van der Waals surface area contributed by atoms with E-state index in [9.17, 15) is 4.79 Å². The van der Waals surface area contributed by atoms with Crippen LogP contribution in [0.15, 0.2) is 0 Å². The van der Waals surface area contributed by atoms with E-state index in [4.69, 9.17) is 27.5 Å². The van der Waals surface area contributed by atoms with Gasteiger partial charge < -0.3 is 21.3 Å². The van der Waals surface area contributed by atoms with Gasteiger partial charge in [0.25, 0.3) is 0 Å². The summed E-state index contributed by atoms with van der Waals surface area (Å²) in [5.41, 5.74) is 5.22. The van der Waals surface area contributed by atoms with Crippen LogP contribution in [-0.4, -0.2) is 47.3 Å². The molecule has 0 aliphatic carbocycles. The third kappa shape index (κ3) is 11.7. The summed E-state index contributed by atoms with van der Waals surface area (Å²) in [6, 6.07) is -0.156. The van der Waals surface area contributed by atoms with Crippen molar-refractivity contribution in [2.24, 2.45) is 5.73 Å². The lowest BCUT2D eigenvalue weighted by Gasteiger charge is -2.11.